The first-order valence-electron chi connectivity index (χ1n) is 7.05. The number of nitrogens with two attached hydrogens (primary N) is 1. The van der Waals surface area contributed by atoms with E-state index in [0.717, 1.165) is 19.3 Å². The lowest BCUT2D eigenvalue weighted by molar-refractivity contribution is 0.0595. The predicted octanol–water partition coefficient (Wildman–Crippen LogP) is 1.87. The lowest BCUT2D eigenvalue weighted by Crippen LogP contribution is -2.49. The van der Waals surface area contributed by atoms with Crippen molar-refractivity contribution in [3.05, 3.63) is 0 Å². The third-order valence-corrected chi connectivity index (χ3v) is 5.10. The van der Waals surface area contributed by atoms with Gasteiger partial charge in [0.25, 0.3) is 0 Å². The molecule has 0 aliphatic carbocycles. The van der Waals surface area contributed by atoms with Crippen molar-refractivity contribution in [3.8, 4) is 0 Å². The summed E-state index contributed by atoms with van der Waals surface area (Å²) in [6, 6.07) is 0.0139. The fourth-order valence-corrected chi connectivity index (χ4v) is 4.11. The second kappa shape index (κ2) is 11.2. The van der Waals surface area contributed by atoms with Crippen molar-refractivity contribution < 1.29 is 18.1 Å². The van der Waals surface area contributed by atoms with Crippen LogP contribution in [0.4, 0.5) is 4.79 Å². The van der Waals surface area contributed by atoms with E-state index in [1.165, 1.54) is 0 Å². The van der Waals surface area contributed by atoms with Crippen LogP contribution < -0.4 is 11.1 Å². The molecule has 0 spiro atoms. The summed E-state index contributed by atoms with van der Waals surface area (Å²) in [6.45, 7) is 8.36. The molecule has 19 heavy (non-hydrogen) atoms. The molecule has 0 radical (unpaired) electrons. The average molecular weight is 292 g/mol. The van der Waals surface area contributed by atoms with E-state index in [1.54, 1.807) is 0 Å². The van der Waals surface area contributed by atoms with Crippen LogP contribution in [0.3, 0.4) is 0 Å². The molecule has 0 atom stereocenters. The summed E-state index contributed by atoms with van der Waals surface area (Å²) in [7, 11) is -2.70. The number of amides is 2. The van der Waals surface area contributed by atoms with Gasteiger partial charge in [-0.15, -0.1) is 0 Å². The van der Waals surface area contributed by atoms with Gasteiger partial charge < -0.3 is 24.3 Å². The molecule has 0 aromatic heterocycles. The van der Waals surface area contributed by atoms with Crippen LogP contribution in [-0.4, -0.2) is 41.2 Å². The minimum atomic E-state index is -2.70. The van der Waals surface area contributed by atoms with Crippen LogP contribution in [0.1, 0.15) is 40.0 Å². The second-order valence-electron chi connectivity index (χ2n) is 4.27. The third-order valence-electron chi connectivity index (χ3n) is 2.31. The number of urea groups is 1. The molecule has 7 heteroatoms. The van der Waals surface area contributed by atoms with Gasteiger partial charge in [0.05, 0.1) is 0 Å². The van der Waals surface area contributed by atoms with E-state index in [-0.39, 0.29) is 0 Å². The van der Waals surface area contributed by atoms with Crippen LogP contribution in [0.2, 0.25) is 6.04 Å². The topological polar surface area (TPSA) is 82.8 Å². The molecule has 2 amide bonds. The average Bonchev–Trinajstić information content (AvgIpc) is 2.39. The van der Waals surface area contributed by atoms with Gasteiger partial charge >= 0.3 is 14.8 Å². The molecular formula is C12H28N2O4Si. The number of hydrogen-bond donors (Lipinski definition) is 2. The number of rotatable bonds is 12. The molecule has 6 nitrogen and oxygen atoms in total. The Bertz CT molecular complexity index is 220. The number of hydrogen-bond acceptors (Lipinski definition) is 4. The maximum Gasteiger partial charge on any atom is 0.502 e. The summed E-state index contributed by atoms with van der Waals surface area (Å²) in [5.74, 6) is 0. The lowest BCUT2D eigenvalue weighted by atomic mass is 10.5. The third kappa shape index (κ3) is 8.98. The summed E-state index contributed by atoms with van der Waals surface area (Å²) >= 11 is 0. The predicted molar refractivity (Wildman–Crippen MR) is 76.9 cm³/mol. The first-order chi connectivity index (χ1) is 9.10. The Morgan fingerprint density at radius 1 is 1.00 bits per heavy atom. The van der Waals surface area contributed by atoms with Crippen molar-refractivity contribution in [1.29, 1.82) is 0 Å². The summed E-state index contributed by atoms with van der Waals surface area (Å²) in [5.41, 5.74) is 5.07. The lowest BCUT2D eigenvalue weighted by Gasteiger charge is -2.29. The minimum absolute atomic E-state index is 0.415. The molecule has 0 aromatic rings. The maximum atomic E-state index is 10.7. The fraction of sp³-hybridized carbons (Fsp3) is 0.917. The van der Waals surface area contributed by atoms with E-state index in [2.05, 4.69) is 5.32 Å². The Morgan fingerprint density at radius 2 is 1.42 bits per heavy atom. The molecule has 0 saturated carbocycles. The molecule has 0 bridgehead atoms. The summed E-state index contributed by atoms with van der Waals surface area (Å²) < 4.78 is 17.6. The van der Waals surface area contributed by atoms with Crippen LogP contribution >= 0.6 is 0 Å². The molecule has 0 aromatic carbocycles. The van der Waals surface area contributed by atoms with Gasteiger partial charge in [0.2, 0.25) is 0 Å². The van der Waals surface area contributed by atoms with Gasteiger partial charge in [0, 0.05) is 32.4 Å². The SMILES string of the molecule is CCCO[Si](CCNC(N)=O)(OCCC)OCCC. The molecule has 114 valence electrons. The summed E-state index contributed by atoms with van der Waals surface area (Å²) in [5, 5.41) is 2.56. The minimum Gasteiger partial charge on any atom is -0.373 e. The van der Waals surface area contributed by atoms with Gasteiger partial charge in [0.15, 0.2) is 0 Å². The van der Waals surface area contributed by atoms with Crippen LogP contribution in [0, 0.1) is 0 Å². The van der Waals surface area contributed by atoms with Crippen LogP contribution in [0.5, 0.6) is 0 Å². The van der Waals surface area contributed by atoms with Crippen molar-refractivity contribution >= 4 is 14.8 Å². The van der Waals surface area contributed by atoms with Crippen molar-refractivity contribution in [2.75, 3.05) is 26.4 Å². The van der Waals surface area contributed by atoms with Crippen LogP contribution in [-0.2, 0) is 13.3 Å². The standard InChI is InChI=1S/C12H28N2O4Si/c1-4-8-16-19(17-9-5-2,18-10-6-3)11-7-14-12(13)15/h4-11H2,1-3H3,(H3,13,14,15). The van der Waals surface area contributed by atoms with E-state index in [9.17, 15) is 4.79 Å². The molecule has 0 aliphatic rings. The van der Waals surface area contributed by atoms with Crippen LogP contribution in [0.25, 0.3) is 0 Å². The molecule has 0 saturated heterocycles. The van der Waals surface area contributed by atoms with Crippen LogP contribution in [0.15, 0.2) is 0 Å². The molecule has 0 aliphatic heterocycles. The van der Waals surface area contributed by atoms with Crippen molar-refractivity contribution in [2.45, 2.75) is 46.1 Å². The molecule has 3 N–H and O–H groups in total. The molecule has 0 heterocycles. The zero-order valence-electron chi connectivity index (χ0n) is 12.4. The van der Waals surface area contributed by atoms with Crippen molar-refractivity contribution in [3.63, 3.8) is 0 Å². The molecule has 0 rings (SSSR count). The smallest absolute Gasteiger partial charge is 0.373 e. The highest BCUT2D eigenvalue weighted by atomic mass is 28.4. The number of carbonyl (C=O) groups is 1. The van der Waals surface area contributed by atoms with Gasteiger partial charge in [-0.1, -0.05) is 20.8 Å². The highest BCUT2D eigenvalue weighted by Crippen LogP contribution is 2.16. The largest absolute Gasteiger partial charge is 0.502 e. The van der Waals surface area contributed by atoms with Gasteiger partial charge in [-0.3, -0.25) is 0 Å². The summed E-state index contributed by atoms with van der Waals surface area (Å²) in [6.07, 6.45) is 2.72. The Hall–Kier alpha value is -0.633. The molecular weight excluding hydrogens is 264 g/mol. The first-order valence-corrected chi connectivity index (χ1v) is 8.98. The fourth-order valence-electron chi connectivity index (χ4n) is 1.45. The Kier molecular flexibility index (Phi) is 10.8. The van der Waals surface area contributed by atoms with E-state index >= 15 is 0 Å². The van der Waals surface area contributed by atoms with Gasteiger partial charge in [-0.05, 0) is 19.3 Å². The van der Waals surface area contributed by atoms with Gasteiger partial charge in [-0.2, -0.15) is 0 Å². The normalized spacial score (nSPS) is 11.5. The number of carbonyl (C=O) groups excluding carboxylic acids is 1. The maximum absolute atomic E-state index is 10.7. The highest BCUT2D eigenvalue weighted by molar-refractivity contribution is 6.60. The molecule has 0 unspecified atom stereocenters. The summed E-state index contributed by atoms with van der Waals surface area (Å²) in [4.78, 5) is 10.7. The van der Waals surface area contributed by atoms with E-state index in [1.807, 2.05) is 20.8 Å². The van der Waals surface area contributed by atoms with E-state index < -0.39 is 14.8 Å². The van der Waals surface area contributed by atoms with E-state index in [0.29, 0.717) is 32.4 Å². The Balaban J connectivity index is 4.51. The zero-order chi connectivity index (χ0) is 14.6. The van der Waals surface area contributed by atoms with Gasteiger partial charge in [0.1, 0.15) is 0 Å². The second-order valence-corrected chi connectivity index (χ2v) is 7.00. The number of primary amides is 1. The Labute approximate surface area is 117 Å². The van der Waals surface area contributed by atoms with E-state index in [4.69, 9.17) is 19.0 Å². The monoisotopic (exact) mass is 292 g/mol. The van der Waals surface area contributed by atoms with Crippen molar-refractivity contribution in [2.24, 2.45) is 5.73 Å². The molecule has 0 fully saturated rings. The van der Waals surface area contributed by atoms with Crippen molar-refractivity contribution in [1.82, 2.24) is 5.32 Å². The first kappa shape index (κ1) is 18.4. The number of nitrogens with one attached hydrogen (secondary N) is 1. The highest BCUT2D eigenvalue weighted by Gasteiger charge is 2.40. The quantitative estimate of drug-likeness (QED) is 0.538. The zero-order valence-corrected chi connectivity index (χ0v) is 13.4. The Morgan fingerprint density at radius 3 is 1.74 bits per heavy atom. The van der Waals surface area contributed by atoms with Gasteiger partial charge in [-0.25, -0.2) is 4.79 Å².